The van der Waals surface area contributed by atoms with Crippen molar-refractivity contribution in [2.75, 3.05) is 0 Å². The highest BCUT2D eigenvalue weighted by atomic mass is 16.5. The number of fused-ring (bicyclic) bond motifs is 1. The van der Waals surface area contributed by atoms with Crippen LogP contribution in [0.4, 0.5) is 0 Å². The van der Waals surface area contributed by atoms with E-state index >= 15 is 0 Å². The van der Waals surface area contributed by atoms with Crippen molar-refractivity contribution < 1.29 is 9.53 Å². The van der Waals surface area contributed by atoms with Gasteiger partial charge in [-0.05, 0) is 48.6 Å². The number of ether oxygens (including phenoxy) is 1. The topological polar surface area (TPSA) is 44.1 Å². The van der Waals surface area contributed by atoms with Gasteiger partial charge in [-0.25, -0.2) is 9.78 Å². The van der Waals surface area contributed by atoms with Crippen molar-refractivity contribution in [1.82, 2.24) is 9.55 Å². The summed E-state index contributed by atoms with van der Waals surface area (Å²) in [5.41, 5.74) is 1.97. The number of imidazole rings is 1. The number of aromatic nitrogens is 2. The average Bonchev–Trinajstić information content (AvgIpc) is 3.00. The molecule has 154 valence electrons. The predicted octanol–water partition coefficient (Wildman–Crippen LogP) is 5.80. The van der Waals surface area contributed by atoms with Gasteiger partial charge in [0.2, 0.25) is 0 Å². The molecule has 1 unspecified atom stereocenters. The SMILES string of the molecule is CCc1nc2ccccc2n1[C@@H](C(=O)O[C@@H]1C[C@H](C)CCC1C(C)C)C(C)C. The van der Waals surface area contributed by atoms with Gasteiger partial charge in [0.25, 0.3) is 0 Å². The zero-order valence-corrected chi connectivity index (χ0v) is 18.3. The van der Waals surface area contributed by atoms with Crippen molar-refractivity contribution in [1.29, 1.82) is 0 Å². The second-order valence-electron chi connectivity index (χ2n) is 9.23. The second-order valence-corrected chi connectivity index (χ2v) is 9.23. The number of aryl methyl sites for hydroxylation is 1. The summed E-state index contributed by atoms with van der Waals surface area (Å²) in [4.78, 5) is 18.2. The Labute approximate surface area is 169 Å². The fraction of sp³-hybridized carbons (Fsp3) is 0.667. The molecule has 0 saturated heterocycles. The first-order chi connectivity index (χ1) is 13.3. The number of nitrogens with zero attached hydrogens (tertiary/aromatic N) is 2. The number of hydrogen-bond donors (Lipinski definition) is 0. The van der Waals surface area contributed by atoms with Crippen LogP contribution in [0.1, 0.15) is 72.7 Å². The summed E-state index contributed by atoms with van der Waals surface area (Å²) in [5, 5.41) is 0. The van der Waals surface area contributed by atoms with Crippen LogP contribution in [0.25, 0.3) is 11.0 Å². The van der Waals surface area contributed by atoms with E-state index in [2.05, 4.69) is 52.2 Å². The minimum absolute atomic E-state index is 0.0253. The molecule has 4 atom stereocenters. The van der Waals surface area contributed by atoms with Crippen LogP contribution in [0.15, 0.2) is 24.3 Å². The maximum atomic E-state index is 13.5. The van der Waals surface area contributed by atoms with Crippen LogP contribution >= 0.6 is 0 Å². The smallest absolute Gasteiger partial charge is 0.329 e. The third-order valence-electron chi connectivity index (χ3n) is 6.37. The number of para-hydroxylation sites is 2. The summed E-state index contributed by atoms with van der Waals surface area (Å²) in [6, 6.07) is 7.75. The Balaban J connectivity index is 1.93. The Morgan fingerprint density at radius 3 is 2.57 bits per heavy atom. The average molecular weight is 385 g/mol. The molecule has 0 radical (unpaired) electrons. The van der Waals surface area contributed by atoms with Gasteiger partial charge in [-0.15, -0.1) is 0 Å². The predicted molar refractivity (Wildman–Crippen MR) is 114 cm³/mol. The molecule has 0 N–H and O–H groups in total. The fourth-order valence-corrected chi connectivity index (χ4v) is 4.80. The van der Waals surface area contributed by atoms with E-state index in [4.69, 9.17) is 9.72 Å². The number of carbonyl (C=O) groups excluding carboxylic acids is 1. The molecule has 0 aliphatic heterocycles. The van der Waals surface area contributed by atoms with Crippen molar-refractivity contribution in [3.63, 3.8) is 0 Å². The van der Waals surface area contributed by atoms with Crippen LogP contribution in [0.2, 0.25) is 0 Å². The molecule has 1 aliphatic rings. The maximum absolute atomic E-state index is 13.5. The van der Waals surface area contributed by atoms with Crippen molar-refractivity contribution >= 4 is 17.0 Å². The molecule has 0 bridgehead atoms. The monoisotopic (exact) mass is 384 g/mol. The molecule has 1 aliphatic carbocycles. The highest BCUT2D eigenvalue weighted by Gasteiger charge is 2.37. The first kappa shape index (κ1) is 20.9. The van der Waals surface area contributed by atoms with Gasteiger partial charge in [-0.3, -0.25) is 0 Å². The molecule has 0 amide bonds. The van der Waals surface area contributed by atoms with Crippen molar-refractivity contribution in [2.24, 2.45) is 23.7 Å². The van der Waals surface area contributed by atoms with Crippen LogP contribution in [0.5, 0.6) is 0 Å². The maximum Gasteiger partial charge on any atom is 0.329 e. The van der Waals surface area contributed by atoms with Crippen molar-refractivity contribution in [2.45, 2.75) is 79.4 Å². The highest BCUT2D eigenvalue weighted by molar-refractivity contribution is 5.81. The van der Waals surface area contributed by atoms with Gasteiger partial charge in [0.1, 0.15) is 18.0 Å². The van der Waals surface area contributed by atoms with E-state index in [0.29, 0.717) is 17.8 Å². The first-order valence-electron chi connectivity index (χ1n) is 11.0. The molecule has 1 aromatic heterocycles. The lowest BCUT2D eigenvalue weighted by atomic mass is 9.75. The molecular weight excluding hydrogens is 348 g/mol. The summed E-state index contributed by atoms with van der Waals surface area (Å²) in [5.74, 6) is 2.59. The van der Waals surface area contributed by atoms with Gasteiger partial charge in [-0.1, -0.05) is 60.1 Å². The van der Waals surface area contributed by atoms with E-state index in [9.17, 15) is 4.79 Å². The summed E-state index contributed by atoms with van der Waals surface area (Å²) >= 11 is 0. The fourth-order valence-electron chi connectivity index (χ4n) is 4.80. The molecule has 1 aromatic carbocycles. The Bertz CT molecular complexity index is 808. The van der Waals surface area contributed by atoms with Gasteiger partial charge >= 0.3 is 5.97 Å². The van der Waals surface area contributed by atoms with Gasteiger partial charge in [-0.2, -0.15) is 0 Å². The van der Waals surface area contributed by atoms with Gasteiger partial charge in [0.15, 0.2) is 0 Å². The minimum atomic E-state index is -0.340. The number of benzene rings is 1. The molecular formula is C24H36N2O2. The standard InChI is InChI=1S/C24H36N2O2/c1-7-22-25-19-10-8-9-11-20(19)26(22)23(16(4)5)24(27)28-21-14-17(6)12-13-18(21)15(2)3/h8-11,15-18,21,23H,7,12-14H2,1-6H3/t17-,18?,21-,23-/m1/s1. The summed E-state index contributed by atoms with van der Waals surface area (Å²) in [6.45, 7) is 13.1. The van der Waals surface area contributed by atoms with E-state index in [1.165, 1.54) is 6.42 Å². The number of esters is 1. The molecule has 0 spiro atoms. The summed E-state index contributed by atoms with van der Waals surface area (Å²) in [6.07, 6.45) is 4.18. The zero-order chi connectivity index (χ0) is 20.4. The molecule has 4 heteroatoms. The van der Waals surface area contributed by atoms with Crippen LogP contribution < -0.4 is 0 Å². The lowest BCUT2D eigenvalue weighted by molar-refractivity contribution is -0.161. The Kier molecular flexibility index (Phi) is 6.47. The second kappa shape index (κ2) is 8.67. The molecule has 4 nitrogen and oxygen atoms in total. The highest BCUT2D eigenvalue weighted by Crippen LogP contribution is 2.37. The van der Waals surface area contributed by atoms with Crippen molar-refractivity contribution in [3.8, 4) is 0 Å². The van der Waals surface area contributed by atoms with E-state index in [-0.39, 0.29) is 24.0 Å². The van der Waals surface area contributed by atoms with E-state index < -0.39 is 0 Å². The molecule has 28 heavy (non-hydrogen) atoms. The summed E-state index contributed by atoms with van der Waals surface area (Å²) in [7, 11) is 0. The zero-order valence-electron chi connectivity index (χ0n) is 18.3. The van der Waals surface area contributed by atoms with Crippen LogP contribution in [0, 0.1) is 23.7 Å². The molecule has 2 aromatic rings. The lowest BCUT2D eigenvalue weighted by Crippen LogP contribution is -2.39. The van der Waals surface area contributed by atoms with Crippen LogP contribution in [0.3, 0.4) is 0 Å². The number of rotatable bonds is 6. The minimum Gasteiger partial charge on any atom is -0.461 e. The first-order valence-corrected chi connectivity index (χ1v) is 11.0. The Hall–Kier alpha value is -1.84. The van der Waals surface area contributed by atoms with Gasteiger partial charge in [0.05, 0.1) is 11.0 Å². The molecule has 1 heterocycles. The number of carbonyl (C=O) groups is 1. The van der Waals surface area contributed by atoms with Crippen LogP contribution in [-0.4, -0.2) is 21.6 Å². The Morgan fingerprint density at radius 2 is 1.93 bits per heavy atom. The molecule has 3 rings (SSSR count). The van der Waals surface area contributed by atoms with E-state index in [1.54, 1.807) is 0 Å². The van der Waals surface area contributed by atoms with E-state index in [1.807, 2.05) is 18.2 Å². The largest absolute Gasteiger partial charge is 0.461 e. The van der Waals surface area contributed by atoms with E-state index in [0.717, 1.165) is 36.1 Å². The molecule has 1 fully saturated rings. The third-order valence-corrected chi connectivity index (χ3v) is 6.37. The summed E-state index contributed by atoms with van der Waals surface area (Å²) < 4.78 is 8.37. The van der Waals surface area contributed by atoms with Gasteiger partial charge < -0.3 is 9.30 Å². The van der Waals surface area contributed by atoms with Gasteiger partial charge in [0, 0.05) is 6.42 Å². The Morgan fingerprint density at radius 1 is 1.21 bits per heavy atom. The molecule has 1 saturated carbocycles. The number of hydrogen-bond acceptors (Lipinski definition) is 3. The lowest BCUT2D eigenvalue weighted by Gasteiger charge is -2.38. The third kappa shape index (κ3) is 4.11. The van der Waals surface area contributed by atoms with Crippen LogP contribution in [-0.2, 0) is 16.0 Å². The normalized spacial score (nSPS) is 24.1. The quantitative estimate of drug-likeness (QED) is 0.591. The van der Waals surface area contributed by atoms with Crippen molar-refractivity contribution in [3.05, 3.63) is 30.1 Å².